The molecule has 0 aliphatic carbocycles. The number of benzene rings is 1. The number of anilines is 1. The number of halogens is 1. The zero-order valence-electron chi connectivity index (χ0n) is 15.2. The first-order valence-corrected chi connectivity index (χ1v) is 9.80. The smallest absolute Gasteiger partial charge is 0.276 e. The number of nitrogens with one attached hydrogen (secondary N) is 1. The molecule has 140 valence electrons. The Kier molecular flexibility index (Phi) is 4.93. The fourth-order valence-corrected chi connectivity index (χ4v) is 3.56. The molecule has 0 saturated heterocycles. The molecule has 0 spiro atoms. The zero-order valence-corrected chi connectivity index (χ0v) is 16.8. The van der Waals surface area contributed by atoms with Crippen LogP contribution in [0.3, 0.4) is 0 Å². The highest BCUT2D eigenvalue weighted by atomic mass is 35.5. The van der Waals surface area contributed by atoms with Crippen molar-refractivity contribution in [1.82, 2.24) is 19.5 Å². The van der Waals surface area contributed by atoms with Crippen molar-refractivity contribution in [2.75, 3.05) is 5.32 Å². The molecule has 8 heteroatoms. The molecule has 0 bridgehead atoms. The SMILES string of the molecule is Cc1c(Cl)cccc1-c1cn(C)c(-c2ccc(NC(=O)c3cscn3)nc2)n1. The van der Waals surface area contributed by atoms with Gasteiger partial charge in [-0.1, -0.05) is 23.7 Å². The summed E-state index contributed by atoms with van der Waals surface area (Å²) in [5.74, 6) is 0.957. The highest BCUT2D eigenvalue weighted by Crippen LogP contribution is 2.29. The van der Waals surface area contributed by atoms with Gasteiger partial charge in [0, 0.05) is 41.0 Å². The molecule has 0 unspecified atom stereocenters. The molecule has 0 radical (unpaired) electrons. The highest BCUT2D eigenvalue weighted by Gasteiger charge is 2.13. The van der Waals surface area contributed by atoms with Crippen molar-refractivity contribution < 1.29 is 4.79 Å². The van der Waals surface area contributed by atoms with E-state index in [0.29, 0.717) is 16.5 Å². The zero-order chi connectivity index (χ0) is 19.7. The Morgan fingerprint density at radius 3 is 2.79 bits per heavy atom. The van der Waals surface area contributed by atoms with E-state index in [1.807, 2.05) is 49.0 Å². The predicted molar refractivity (Wildman–Crippen MR) is 112 cm³/mol. The number of nitrogens with zero attached hydrogens (tertiary/aromatic N) is 4. The maximum absolute atomic E-state index is 12.1. The van der Waals surface area contributed by atoms with Crippen LogP contribution < -0.4 is 5.32 Å². The van der Waals surface area contributed by atoms with E-state index in [4.69, 9.17) is 16.6 Å². The van der Waals surface area contributed by atoms with Gasteiger partial charge in [0.25, 0.3) is 5.91 Å². The van der Waals surface area contributed by atoms with Gasteiger partial charge in [-0.25, -0.2) is 15.0 Å². The lowest BCUT2D eigenvalue weighted by Gasteiger charge is -2.05. The van der Waals surface area contributed by atoms with Crippen molar-refractivity contribution in [1.29, 1.82) is 0 Å². The summed E-state index contributed by atoms with van der Waals surface area (Å²) in [6.07, 6.45) is 3.65. The number of thiazole rings is 1. The lowest BCUT2D eigenvalue weighted by molar-refractivity contribution is 0.102. The van der Waals surface area contributed by atoms with Crippen LogP contribution in [0, 0.1) is 6.92 Å². The van der Waals surface area contributed by atoms with Crippen LogP contribution in [0.25, 0.3) is 22.6 Å². The number of hydrogen-bond acceptors (Lipinski definition) is 5. The van der Waals surface area contributed by atoms with Crippen molar-refractivity contribution in [3.8, 4) is 22.6 Å². The molecule has 28 heavy (non-hydrogen) atoms. The lowest BCUT2D eigenvalue weighted by atomic mass is 10.1. The van der Waals surface area contributed by atoms with E-state index in [9.17, 15) is 4.79 Å². The van der Waals surface area contributed by atoms with Crippen LogP contribution in [-0.2, 0) is 7.05 Å². The van der Waals surface area contributed by atoms with E-state index in [1.165, 1.54) is 11.3 Å². The Morgan fingerprint density at radius 2 is 2.07 bits per heavy atom. The number of carbonyl (C=O) groups is 1. The summed E-state index contributed by atoms with van der Waals surface area (Å²) in [6.45, 7) is 1.98. The second kappa shape index (κ2) is 7.53. The monoisotopic (exact) mass is 409 g/mol. The number of aryl methyl sites for hydroxylation is 1. The highest BCUT2D eigenvalue weighted by molar-refractivity contribution is 7.07. The molecule has 4 rings (SSSR count). The molecule has 0 aliphatic rings. The third kappa shape index (κ3) is 3.54. The molecule has 0 fully saturated rings. The molecule has 4 aromatic rings. The maximum atomic E-state index is 12.1. The van der Waals surface area contributed by atoms with E-state index in [-0.39, 0.29) is 5.91 Å². The number of rotatable bonds is 4. The van der Waals surface area contributed by atoms with Crippen LogP contribution in [0.2, 0.25) is 5.02 Å². The molecule has 0 aliphatic heterocycles. The van der Waals surface area contributed by atoms with Gasteiger partial charge in [0.15, 0.2) is 0 Å². The molecular formula is C20H16ClN5OS. The van der Waals surface area contributed by atoms with E-state index in [1.54, 1.807) is 23.2 Å². The average molecular weight is 410 g/mol. The molecule has 1 amide bonds. The first-order chi connectivity index (χ1) is 13.5. The van der Waals surface area contributed by atoms with Crippen molar-refractivity contribution in [2.24, 2.45) is 7.05 Å². The molecule has 6 nitrogen and oxygen atoms in total. The van der Waals surface area contributed by atoms with Gasteiger partial charge in [-0.2, -0.15) is 0 Å². The Hall–Kier alpha value is -3.03. The largest absolute Gasteiger partial charge is 0.333 e. The van der Waals surface area contributed by atoms with Crippen LogP contribution in [0.15, 0.2) is 53.6 Å². The third-order valence-corrected chi connectivity index (χ3v) is 5.34. The maximum Gasteiger partial charge on any atom is 0.276 e. The van der Waals surface area contributed by atoms with Crippen LogP contribution in [0.1, 0.15) is 16.1 Å². The van der Waals surface area contributed by atoms with Gasteiger partial charge in [0.2, 0.25) is 0 Å². The van der Waals surface area contributed by atoms with Gasteiger partial charge in [0.1, 0.15) is 17.3 Å². The molecule has 1 aromatic carbocycles. The second-order valence-electron chi connectivity index (χ2n) is 6.23. The van der Waals surface area contributed by atoms with E-state index >= 15 is 0 Å². The molecule has 3 aromatic heterocycles. The minimum Gasteiger partial charge on any atom is -0.333 e. The van der Waals surface area contributed by atoms with Crippen LogP contribution in [0.4, 0.5) is 5.82 Å². The summed E-state index contributed by atoms with van der Waals surface area (Å²) >= 11 is 7.61. The van der Waals surface area contributed by atoms with Gasteiger partial charge in [-0.3, -0.25) is 4.79 Å². The van der Waals surface area contributed by atoms with Crippen LogP contribution in [-0.4, -0.2) is 25.4 Å². The van der Waals surface area contributed by atoms with Gasteiger partial charge in [-0.05, 0) is 30.7 Å². The molecule has 1 N–H and O–H groups in total. The minimum absolute atomic E-state index is 0.280. The van der Waals surface area contributed by atoms with E-state index in [2.05, 4.69) is 15.3 Å². The van der Waals surface area contributed by atoms with Crippen molar-refractivity contribution in [3.63, 3.8) is 0 Å². The summed E-state index contributed by atoms with van der Waals surface area (Å²) in [5, 5.41) is 5.14. The first kappa shape index (κ1) is 18.3. The van der Waals surface area contributed by atoms with Crippen molar-refractivity contribution in [3.05, 3.63) is 69.9 Å². The van der Waals surface area contributed by atoms with Gasteiger partial charge < -0.3 is 9.88 Å². The summed E-state index contributed by atoms with van der Waals surface area (Å²) in [7, 11) is 1.93. The third-order valence-electron chi connectivity index (χ3n) is 4.35. The number of amides is 1. The average Bonchev–Trinajstić information content (AvgIpc) is 3.35. The lowest BCUT2D eigenvalue weighted by Crippen LogP contribution is -2.13. The topological polar surface area (TPSA) is 72.7 Å². The molecule has 0 atom stereocenters. The predicted octanol–water partition coefficient (Wildman–Crippen LogP) is 4.82. The van der Waals surface area contributed by atoms with Crippen LogP contribution in [0.5, 0.6) is 0 Å². The van der Waals surface area contributed by atoms with Crippen molar-refractivity contribution in [2.45, 2.75) is 6.92 Å². The number of aromatic nitrogens is 4. The Labute approximate surface area is 170 Å². The summed E-state index contributed by atoms with van der Waals surface area (Å²) in [5.41, 5.74) is 5.67. The Balaban J connectivity index is 1.59. The van der Waals surface area contributed by atoms with Gasteiger partial charge in [-0.15, -0.1) is 11.3 Å². The number of hydrogen-bond donors (Lipinski definition) is 1. The summed E-state index contributed by atoms with van der Waals surface area (Å²) in [6, 6.07) is 9.41. The Bertz CT molecular complexity index is 1140. The Morgan fingerprint density at radius 1 is 1.21 bits per heavy atom. The second-order valence-corrected chi connectivity index (χ2v) is 7.36. The number of pyridine rings is 1. The fourth-order valence-electron chi connectivity index (χ4n) is 2.85. The quantitative estimate of drug-likeness (QED) is 0.524. The number of carbonyl (C=O) groups excluding carboxylic acids is 1. The fraction of sp³-hybridized carbons (Fsp3) is 0.100. The summed E-state index contributed by atoms with van der Waals surface area (Å²) < 4.78 is 1.94. The molecule has 3 heterocycles. The standard InChI is InChI=1S/C20H16ClN5OS/c1-12-14(4-3-5-15(12)21)16-9-26(2)19(24-16)13-6-7-18(22-8-13)25-20(27)17-10-28-11-23-17/h3-11H,1-2H3,(H,22,25,27). The number of imidazole rings is 1. The summed E-state index contributed by atoms with van der Waals surface area (Å²) in [4.78, 5) is 25.1. The van der Waals surface area contributed by atoms with Crippen LogP contribution >= 0.6 is 22.9 Å². The normalized spacial score (nSPS) is 10.8. The van der Waals surface area contributed by atoms with E-state index in [0.717, 1.165) is 28.2 Å². The van der Waals surface area contributed by atoms with Crippen molar-refractivity contribution >= 4 is 34.7 Å². The van der Waals surface area contributed by atoms with Gasteiger partial charge >= 0.3 is 0 Å². The van der Waals surface area contributed by atoms with E-state index < -0.39 is 0 Å². The minimum atomic E-state index is -0.280. The first-order valence-electron chi connectivity index (χ1n) is 8.48. The molecular weight excluding hydrogens is 394 g/mol. The van der Waals surface area contributed by atoms with Gasteiger partial charge in [0.05, 0.1) is 11.2 Å². The molecule has 0 saturated carbocycles.